The fourth-order valence-corrected chi connectivity index (χ4v) is 5.09. The van der Waals surface area contributed by atoms with E-state index in [0.717, 1.165) is 26.6 Å². The molecule has 0 bridgehead atoms. The van der Waals surface area contributed by atoms with E-state index in [1.807, 2.05) is 93.6 Å². The monoisotopic (exact) mass is 487 g/mol. The minimum absolute atomic E-state index is 0.102. The van der Waals surface area contributed by atoms with Gasteiger partial charge >= 0.3 is 0 Å². The van der Waals surface area contributed by atoms with Gasteiger partial charge in [-0.3, -0.25) is 9.59 Å². The molecule has 2 N–H and O–H groups in total. The highest BCUT2D eigenvalue weighted by molar-refractivity contribution is 8.00. The van der Waals surface area contributed by atoms with E-state index in [1.165, 1.54) is 23.1 Å². The van der Waals surface area contributed by atoms with Crippen molar-refractivity contribution < 1.29 is 9.59 Å². The third-order valence-electron chi connectivity index (χ3n) is 5.15. The van der Waals surface area contributed by atoms with E-state index in [-0.39, 0.29) is 17.1 Å². The summed E-state index contributed by atoms with van der Waals surface area (Å²) in [4.78, 5) is 31.8. The van der Waals surface area contributed by atoms with Gasteiger partial charge in [0.1, 0.15) is 0 Å². The van der Waals surface area contributed by atoms with Gasteiger partial charge in [0.2, 0.25) is 5.91 Å². The SMILES string of the molecule is Cc1cccc(C(=O)Nc2ccc(SC(C)C(=O)Nc3nc(-c4ccccc4)c(C)s3)cc2)c1. The molecule has 0 saturated heterocycles. The van der Waals surface area contributed by atoms with Crippen LogP contribution < -0.4 is 10.6 Å². The van der Waals surface area contributed by atoms with E-state index in [1.54, 1.807) is 6.07 Å². The molecule has 0 fully saturated rings. The maximum absolute atomic E-state index is 12.7. The first-order valence-electron chi connectivity index (χ1n) is 10.9. The highest BCUT2D eigenvalue weighted by Crippen LogP contribution is 2.31. The lowest BCUT2D eigenvalue weighted by Gasteiger charge is -2.11. The maximum atomic E-state index is 12.7. The summed E-state index contributed by atoms with van der Waals surface area (Å²) in [7, 11) is 0. The van der Waals surface area contributed by atoms with Crippen molar-refractivity contribution in [3.63, 3.8) is 0 Å². The fourth-order valence-electron chi connectivity index (χ4n) is 3.38. The zero-order chi connectivity index (χ0) is 24.1. The molecular weight excluding hydrogens is 462 g/mol. The van der Waals surface area contributed by atoms with Gasteiger partial charge in [-0.25, -0.2) is 4.98 Å². The number of nitrogens with one attached hydrogen (secondary N) is 2. The summed E-state index contributed by atoms with van der Waals surface area (Å²) >= 11 is 2.93. The molecule has 0 saturated carbocycles. The minimum Gasteiger partial charge on any atom is -0.322 e. The normalized spacial score (nSPS) is 11.6. The zero-order valence-corrected chi connectivity index (χ0v) is 20.8. The maximum Gasteiger partial charge on any atom is 0.255 e. The van der Waals surface area contributed by atoms with Crippen molar-refractivity contribution in [3.05, 3.63) is 94.9 Å². The van der Waals surface area contributed by atoms with Crippen molar-refractivity contribution in [1.29, 1.82) is 0 Å². The number of carbonyl (C=O) groups is 2. The lowest BCUT2D eigenvalue weighted by atomic mass is 10.1. The molecule has 0 spiro atoms. The first-order chi connectivity index (χ1) is 16.4. The lowest BCUT2D eigenvalue weighted by molar-refractivity contribution is -0.115. The second-order valence-electron chi connectivity index (χ2n) is 7.89. The Morgan fingerprint density at radius 2 is 1.65 bits per heavy atom. The van der Waals surface area contributed by atoms with E-state index >= 15 is 0 Å². The summed E-state index contributed by atoms with van der Waals surface area (Å²) in [6.07, 6.45) is 0. The Kier molecular flexibility index (Phi) is 7.45. The Morgan fingerprint density at radius 3 is 2.35 bits per heavy atom. The van der Waals surface area contributed by atoms with Gasteiger partial charge < -0.3 is 10.6 Å². The molecule has 4 rings (SSSR count). The predicted octanol–water partition coefficient (Wildman–Crippen LogP) is 6.80. The number of carbonyl (C=O) groups excluding carboxylic acids is 2. The van der Waals surface area contributed by atoms with Crippen LogP contribution in [0.3, 0.4) is 0 Å². The average molecular weight is 488 g/mol. The Morgan fingerprint density at radius 1 is 0.912 bits per heavy atom. The second-order valence-corrected chi connectivity index (χ2v) is 10.5. The first kappa shape index (κ1) is 23.7. The zero-order valence-electron chi connectivity index (χ0n) is 19.2. The van der Waals surface area contributed by atoms with Crippen molar-refractivity contribution in [2.24, 2.45) is 0 Å². The predicted molar refractivity (Wildman–Crippen MR) is 142 cm³/mol. The number of hydrogen-bond acceptors (Lipinski definition) is 5. The second kappa shape index (κ2) is 10.7. The standard InChI is InChI=1S/C27H25N3O2S2/c1-17-8-7-11-21(16-17)26(32)28-22-12-14-23(15-13-22)33-19(3)25(31)30-27-29-24(18(2)34-27)20-9-5-4-6-10-20/h4-16,19H,1-3H3,(H,28,32)(H,29,30,31). The third-order valence-corrected chi connectivity index (χ3v) is 7.15. The van der Waals surface area contributed by atoms with E-state index in [0.29, 0.717) is 16.4 Å². The van der Waals surface area contributed by atoms with Gasteiger partial charge in [0.15, 0.2) is 5.13 Å². The van der Waals surface area contributed by atoms with Crippen LogP contribution in [0.25, 0.3) is 11.3 Å². The molecular formula is C27H25N3O2S2. The van der Waals surface area contributed by atoms with Crippen LogP contribution >= 0.6 is 23.1 Å². The van der Waals surface area contributed by atoms with E-state index < -0.39 is 0 Å². The molecule has 0 aliphatic rings. The van der Waals surface area contributed by atoms with Crippen LogP contribution in [0.15, 0.2) is 83.8 Å². The number of thiazole rings is 1. The van der Waals surface area contributed by atoms with Crippen LogP contribution in [0.1, 0.15) is 27.7 Å². The van der Waals surface area contributed by atoms with Gasteiger partial charge in [0.05, 0.1) is 10.9 Å². The Bertz CT molecular complexity index is 1300. The van der Waals surface area contributed by atoms with Crippen LogP contribution in [0.5, 0.6) is 0 Å². The summed E-state index contributed by atoms with van der Waals surface area (Å²) in [6, 6.07) is 24.9. The molecule has 1 unspecified atom stereocenters. The molecule has 1 atom stereocenters. The van der Waals surface area contributed by atoms with Crippen LogP contribution in [0.2, 0.25) is 0 Å². The highest BCUT2D eigenvalue weighted by Gasteiger charge is 2.18. The van der Waals surface area contributed by atoms with Gasteiger partial charge in [0, 0.05) is 26.6 Å². The molecule has 2 amide bonds. The van der Waals surface area contributed by atoms with Gasteiger partial charge in [-0.15, -0.1) is 23.1 Å². The van der Waals surface area contributed by atoms with Crippen LogP contribution in [-0.4, -0.2) is 22.0 Å². The van der Waals surface area contributed by atoms with Gasteiger partial charge in [0.25, 0.3) is 5.91 Å². The molecule has 3 aromatic carbocycles. The minimum atomic E-state index is -0.308. The number of aryl methyl sites for hydroxylation is 2. The average Bonchev–Trinajstić information content (AvgIpc) is 3.20. The van der Waals surface area contributed by atoms with Crippen molar-refractivity contribution in [2.45, 2.75) is 30.9 Å². The number of nitrogens with zero attached hydrogens (tertiary/aromatic N) is 1. The first-order valence-corrected chi connectivity index (χ1v) is 12.6. The van der Waals surface area contributed by atoms with Crippen LogP contribution in [-0.2, 0) is 4.79 Å². The number of amides is 2. The van der Waals surface area contributed by atoms with E-state index in [9.17, 15) is 9.59 Å². The van der Waals surface area contributed by atoms with Crippen LogP contribution in [0, 0.1) is 13.8 Å². The van der Waals surface area contributed by atoms with Crippen molar-refractivity contribution >= 4 is 45.7 Å². The van der Waals surface area contributed by atoms with Crippen molar-refractivity contribution in [2.75, 3.05) is 10.6 Å². The largest absolute Gasteiger partial charge is 0.322 e. The Labute approximate surface area is 207 Å². The molecule has 1 aromatic heterocycles. The van der Waals surface area contributed by atoms with Crippen molar-refractivity contribution in [3.8, 4) is 11.3 Å². The number of anilines is 2. The molecule has 34 heavy (non-hydrogen) atoms. The summed E-state index contributed by atoms with van der Waals surface area (Å²) in [5.74, 6) is -0.249. The highest BCUT2D eigenvalue weighted by atomic mass is 32.2. The summed E-state index contributed by atoms with van der Waals surface area (Å²) < 4.78 is 0. The summed E-state index contributed by atoms with van der Waals surface area (Å²) in [5.41, 5.74) is 4.30. The lowest BCUT2D eigenvalue weighted by Crippen LogP contribution is -2.22. The fraction of sp³-hybridized carbons (Fsp3) is 0.148. The number of aromatic nitrogens is 1. The number of thioether (sulfide) groups is 1. The summed E-state index contributed by atoms with van der Waals surface area (Å²) in [6.45, 7) is 5.83. The molecule has 0 radical (unpaired) electrons. The molecule has 172 valence electrons. The van der Waals surface area contributed by atoms with E-state index in [2.05, 4.69) is 15.6 Å². The third kappa shape index (κ3) is 5.92. The number of benzene rings is 3. The van der Waals surface area contributed by atoms with Crippen LogP contribution in [0.4, 0.5) is 10.8 Å². The van der Waals surface area contributed by atoms with E-state index in [4.69, 9.17) is 0 Å². The van der Waals surface area contributed by atoms with Gasteiger partial charge in [-0.05, 0) is 57.2 Å². The quantitative estimate of drug-likeness (QED) is 0.281. The summed E-state index contributed by atoms with van der Waals surface area (Å²) in [5, 5.41) is 6.14. The Balaban J connectivity index is 1.34. The molecule has 5 nitrogen and oxygen atoms in total. The molecule has 4 aromatic rings. The topological polar surface area (TPSA) is 71.1 Å². The molecule has 1 heterocycles. The Hall–Kier alpha value is -3.42. The van der Waals surface area contributed by atoms with Gasteiger partial charge in [-0.2, -0.15) is 0 Å². The molecule has 0 aliphatic heterocycles. The molecule has 0 aliphatic carbocycles. The smallest absolute Gasteiger partial charge is 0.255 e. The van der Waals surface area contributed by atoms with Crippen molar-refractivity contribution in [1.82, 2.24) is 4.98 Å². The molecule has 7 heteroatoms. The number of hydrogen-bond donors (Lipinski definition) is 2. The number of rotatable bonds is 7. The van der Waals surface area contributed by atoms with Gasteiger partial charge in [-0.1, -0.05) is 48.0 Å².